The molecule has 0 amide bonds. The van der Waals surface area contributed by atoms with E-state index >= 15 is 0 Å². The third kappa shape index (κ3) is 1.76. The molecule has 1 saturated heterocycles. The molecule has 19 heavy (non-hydrogen) atoms. The van der Waals surface area contributed by atoms with Crippen LogP contribution in [0.15, 0.2) is 18.3 Å². The van der Waals surface area contributed by atoms with E-state index in [0.29, 0.717) is 6.04 Å². The van der Waals surface area contributed by atoms with E-state index in [1.165, 1.54) is 60.8 Å². The van der Waals surface area contributed by atoms with Crippen LogP contribution < -0.4 is 4.74 Å². The Balaban J connectivity index is 1.76. The molecule has 4 rings (SSSR count). The summed E-state index contributed by atoms with van der Waals surface area (Å²) in [5.41, 5.74) is 4.16. The maximum absolute atomic E-state index is 5.43. The van der Waals surface area contributed by atoms with E-state index < -0.39 is 0 Å². The van der Waals surface area contributed by atoms with Crippen molar-refractivity contribution >= 4 is 10.9 Å². The van der Waals surface area contributed by atoms with Crippen molar-refractivity contribution in [2.24, 2.45) is 0 Å². The van der Waals surface area contributed by atoms with Crippen LogP contribution in [0.2, 0.25) is 0 Å². The molecule has 1 aromatic heterocycles. The number of rotatable bonds is 2. The van der Waals surface area contributed by atoms with E-state index in [4.69, 9.17) is 4.74 Å². The van der Waals surface area contributed by atoms with Crippen LogP contribution in [0.3, 0.4) is 0 Å². The van der Waals surface area contributed by atoms with Gasteiger partial charge in [0.05, 0.1) is 7.11 Å². The van der Waals surface area contributed by atoms with Crippen LogP contribution in [0.4, 0.5) is 0 Å². The van der Waals surface area contributed by atoms with Crippen LogP contribution in [0.5, 0.6) is 5.75 Å². The second-order valence-corrected chi connectivity index (χ2v) is 5.83. The lowest BCUT2D eigenvalue weighted by atomic mass is 9.88. The first kappa shape index (κ1) is 11.4. The second kappa shape index (κ2) is 4.27. The van der Waals surface area contributed by atoms with Gasteiger partial charge >= 0.3 is 0 Å². The third-order valence-electron chi connectivity index (χ3n) is 4.72. The number of ether oxygens (including phenoxy) is 1. The van der Waals surface area contributed by atoms with E-state index in [-0.39, 0.29) is 0 Å². The predicted molar refractivity (Wildman–Crippen MR) is 76.9 cm³/mol. The lowest BCUT2D eigenvalue weighted by Crippen LogP contribution is -2.37. The largest absolute Gasteiger partial charge is 0.497 e. The van der Waals surface area contributed by atoms with Crippen LogP contribution >= 0.6 is 0 Å². The van der Waals surface area contributed by atoms with Crippen LogP contribution in [-0.2, 0) is 12.8 Å². The Morgan fingerprint density at radius 2 is 1.95 bits per heavy atom. The highest BCUT2D eigenvalue weighted by Gasteiger charge is 2.28. The van der Waals surface area contributed by atoms with Crippen molar-refractivity contribution in [1.82, 2.24) is 9.88 Å². The summed E-state index contributed by atoms with van der Waals surface area (Å²) in [6, 6.07) is 5.02. The van der Waals surface area contributed by atoms with Crippen molar-refractivity contribution in [2.75, 3.05) is 20.2 Å². The van der Waals surface area contributed by atoms with E-state index in [1.54, 1.807) is 7.11 Å². The van der Waals surface area contributed by atoms with Gasteiger partial charge in [-0.15, -0.1) is 0 Å². The highest BCUT2D eigenvalue weighted by atomic mass is 16.5. The second-order valence-electron chi connectivity index (χ2n) is 5.83. The van der Waals surface area contributed by atoms with Gasteiger partial charge in [0, 0.05) is 29.2 Å². The molecule has 1 aromatic carbocycles. The Labute approximate surface area is 113 Å². The fraction of sp³-hybridized carbons (Fsp3) is 0.500. The van der Waals surface area contributed by atoms with Gasteiger partial charge in [-0.1, -0.05) is 0 Å². The minimum Gasteiger partial charge on any atom is -0.497 e. The van der Waals surface area contributed by atoms with Crippen LogP contribution in [0.1, 0.15) is 24.0 Å². The molecule has 2 aliphatic rings. The normalized spacial score (nSPS) is 23.1. The average molecular weight is 256 g/mol. The quantitative estimate of drug-likeness (QED) is 0.895. The number of aromatic amines is 1. The van der Waals surface area contributed by atoms with Crippen molar-refractivity contribution in [1.29, 1.82) is 0 Å². The lowest BCUT2D eigenvalue weighted by Gasteiger charge is -2.31. The minimum atomic E-state index is 0.682. The molecule has 0 radical (unpaired) electrons. The van der Waals surface area contributed by atoms with Crippen molar-refractivity contribution < 1.29 is 4.74 Å². The summed E-state index contributed by atoms with van der Waals surface area (Å²) >= 11 is 0. The summed E-state index contributed by atoms with van der Waals surface area (Å²) in [4.78, 5) is 6.08. The first-order chi connectivity index (χ1) is 9.35. The molecule has 1 fully saturated rings. The maximum Gasteiger partial charge on any atom is 0.121 e. The van der Waals surface area contributed by atoms with E-state index in [1.807, 2.05) is 0 Å². The van der Waals surface area contributed by atoms with Gasteiger partial charge in [0.15, 0.2) is 0 Å². The van der Waals surface area contributed by atoms with E-state index in [0.717, 1.165) is 5.75 Å². The summed E-state index contributed by atoms with van der Waals surface area (Å²) < 4.78 is 5.43. The molecule has 1 aliphatic carbocycles. The number of hydrogen-bond acceptors (Lipinski definition) is 2. The molecule has 0 spiro atoms. The number of hydrogen-bond donors (Lipinski definition) is 1. The average Bonchev–Trinajstić information content (AvgIpc) is 3.08. The van der Waals surface area contributed by atoms with Gasteiger partial charge in [-0.2, -0.15) is 0 Å². The van der Waals surface area contributed by atoms with Crippen LogP contribution in [-0.4, -0.2) is 36.1 Å². The molecule has 2 aromatic rings. The maximum atomic E-state index is 5.43. The predicted octanol–water partition coefficient (Wildman–Crippen LogP) is 2.74. The van der Waals surface area contributed by atoms with Crippen molar-refractivity contribution in [3.8, 4) is 5.75 Å². The Morgan fingerprint density at radius 3 is 2.74 bits per heavy atom. The SMILES string of the molecule is COc1cc2c3c(c[nH]c3c1)CC(N1CCCC1)C2. The lowest BCUT2D eigenvalue weighted by molar-refractivity contribution is 0.237. The smallest absolute Gasteiger partial charge is 0.121 e. The standard InChI is InChI=1S/C16H20N2O/c1-19-14-8-11-6-13(18-4-2-3-5-18)7-12-10-17-15(9-14)16(11)12/h8-10,13,17H,2-7H2,1H3. The van der Waals surface area contributed by atoms with Crippen LogP contribution in [0.25, 0.3) is 10.9 Å². The molecular formula is C16H20N2O. The topological polar surface area (TPSA) is 28.3 Å². The molecular weight excluding hydrogens is 236 g/mol. The highest BCUT2D eigenvalue weighted by Crippen LogP contribution is 2.35. The first-order valence-electron chi connectivity index (χ1n) is 7.26. The fourth-order valence-electron chi connectivity index (χ4n) is 3.79. The van der Waals surface area contributed by atoms with Crippen LogP contribution in [0, 0.1) is 0 Å². The third-order valence-corrected chi connectivity index (χ3v) is 4.72. The summed E-state index contributed by atoms with van der Waals surface area (Å²) in [5.74, 6) is 0.970. The molecule has 1 N–H and O–H groups in total. The molecule has 1 unspecified atom stereocenters. The van der Waals surface area contributed by atoms with E-state index in [2.05, 4.69) is 28.2 Å². The monoisotopic (exact) mass is 256 g/mol. The van der Waals surface area contributed by atoms with Gasteiger partial charge in [-0.3, -0.25) is 4.90 Å². The zero-order valence-electron chi connectivity index (χ0n) is 11.4. The summed E-state index contributed by atoms with van der Waals surface area (Å²) in [6.45, 7) is 2.55. The fourth-order valence-corrected chi connectivity index (χ4v) is 3.79. The van der Waals surface area contributed by atoms with Crippen molar-refractivity contribution in [3.63, 3.8) is 0 Å². The first-order valence-corrected chi connectivity index (χ1v) is 7.26. The summed E-state index contributed by atoms with van der Waals surface area (Å²) in [5, 5.41) is 1.44. The number of benzene rings is 1. The number of methoxy groups -OCH3 is 1. The Bertz CT molecular complexity index is 610. The Kier molecular flexibility index (Phi) is 2.55. The number of likely N-dealkylation sites (tertiary alicyclic amines) is 1. The number of nitrogens with one attached hydrogen (secondary N) is 1. The van der Waals surface area contributed by atoms with Gasteiger partial charge in [-0.05, 0) is 56.0 Å². The van der Waals surface area contributed by atoms with Crippen molar-refractivity contribution in [2.45, 2.75) is 31.7 Å². The molecule has 2 heterocycles. The summed E-state index contributed by atoms with van der Waals surface area (Å²) in [6.07, 6.45) is 7.28. The molecule has 3 nitrogen and oxygen atoms in total. The van der Waals surface area contributed by atoms with Gasteiger partial charge in [0.2, 0.25) is 0 Å². The zero-order valence-corrected chi connectivity index (χ0v) is 11.4. The minimum absolute atomic E-state index is 0.682. The summed E-state index contributed by atoms with van der Waals surface area (Å²) in [7, 11) is 1.75. The zero-order chi connectivity index (χ0) is 12.8. The molecule has 0 saturated carbocycles. The number of H-pyrrole nitrogens is 1. The highest BCUT2D eigenvalue weighted by molar-refractivity contribution is 5.89. The molecule has 100 valence electrons. The number of nitrogens with zero attached hydrogens (tertiary/aromatic N) is 1. The van der Waals surface area contributed by atoms with Gasteiger partial charge in [-0.25, -0.2) is 0 Å². The van der Waals surface area contributed by atoms with Crippen molar-refractivity contribution in [3.05, 3.63) is 29.5 Å². The van der Waals surface area contributed by atoms with E-state index in [9.17, 15) is 0 Å². The van der Waals surface area contributed by atoms with Gasteiger partial charge in [0.25, 0.3) is 0 Å². The number of aromatic nitrogens is 1. The molecule has 3 heteroatoms. The Morgan fingerprint density at radius 1 is 1.16 bits per heavy atom. The molecule has 1 atom stereocenters. The van der Waals surface area contributed by atoms with Gasteiger partial charge < -0.3 is 9.72 Å². The Hall–Kier alpha value is -1.48. The molecule has 0 bridgehead atoms. The van der Waals surface area contributed by atoms with Gasteiger partial charge in [0.1, 0.15) is 5.75 Å². The molecule has 1 aliphatic heterocycles.